The predicted molar refractivity (Wildman–Crippen MR) is 123 cm³/mol. The van der Waals surface area contributed by atoms with Crippen molar-refractivity contribution in [3.05, 3.63) is 76.7 Å². The number of halogens is 1. The lowest BCUT2D eigenvalue weighted by atomic mass is 9.97. The number of aromatic hydroxyl groups is 1. The van der Waals surface area contributed by atoms with E-state index in [0.29, 0.717) is 29.2 Å². The second-order valence-corrected chi connectivity index (χ2v) is 7.91. The summed E-state index contributed by atoms with van der Waals surface area (Å²) in [5.74, 6) is -0.342. The van der Waals surface area contributed by atoms with Gasteiger partial charge in [-0.05, 0) is 60.9 Å². The Hall–Kier alpha value is -3.94. The smallest absolute Gasteiger partial charge is 0.340 e. The molecule has 0 spiro atoms. The molecule has 0 amide bonds. The fourth-order valence-electron chi connectivity index (χ4n) is 3.70. The van der Waals surface area contributed by atoms with Gasteiger partial charge in [-0.3, -0.25) is 0 Å². The first-order valence-electron chi connectivity index (χ1n) is 10.5. The maximum absolute atomic E-state index is 15.1. The van der Waals surface area contributed by atoms with E-state index in [2.05, 4.69) is 15.0 Å². The predicted octanol–water partition coefficient (Wildman–Crippen LogP) is 4.58. The molecule has 0 radical (unpaired) electrons. The van der Waals surface area contributed by atoms with Crippen molar-refractivity contribution >= 4 is 23.2 Å². The number of para-hydroxylation sites is 1. The van der Waals surface area contributed by atoms with E-state index >= 15 is 4.39 Å². The SMILES string of the molecule is Cc1cc(OCC2=NOC(=O)C2)c(F)c(C)c1Cc1ccc(O)c(N(C)c2ccccc2)n1. The number of carbonyl (C=O) groups excluding carboxylic acids is 1. The number of aryl methyl sites for hydroxylation is 1. The number of carbonyl (C=O) groups is 1. The van der Waals surface area contributed by atoms with Gasteiger partial charge in [0, 0.05) is 24.8 Å². The highest BCUT2D eigenvalue weighted by Gasteiger charge is 2.21. The van der Waals surface area contributed by atoms with Gasteiger partial charge in [-0.15, -0.1) is 0 Å². The largest absolute Gasteiger partial charge is 0.504 e. The molecule has 0 atom stereocenters. The van der Waals surface area contributed by atoms with Gasteiger partial charge < -0.3 is 19.6 Å². The molecule has 33 heavy (non-hydrogen) atoms. The summed E-state index contributed by atoms with van der Waals surface area (Å²) in [5.41, 5.74) is 4.10. The summed E-state index contributed by atoms with van der Waals surface area (Å²) in [6.45, 7) is 3.56. The van der Waals surface area contributed by atoms with Crippen LogP contribution in [-0.4, -0.2) is 35.4 Å². The molecule has 1 aliphatic rings. The van der Waals surface area contributed by atoms with Crippen molar-refractivity contribution in [2.24, 2.45) is 5.16 Å². The summed E-state index contributed by atoms with van der Waals surface area (Å²) in [6.07, 6.45) is 0.434. The van der Waals surface area contributed by atoms with Crippen molar-refractivity contribution in [3.63, 3.8) is 0 Å². The summed E-state index contributed by atoms with van der Waals surface area (Å²) in [5, 5.41) is 14.0. The van der Waals surface area contributed by atoms with E-state index in [9.17, 15) is 9.90 Å². The van der Waals surface area contributed by atoms with Gasteiger partial charge in [0.05, 0.1) is 6.42 Å². The highest BCUT2D eigenvalue weighted by Crippen LogP contribution is 2.32. The van der Waals surface area contributed by atoms with Crippen molar-refractivity contribution in [1.82, 2.24) is 4.98 Å². The maximum atomic E-state index is 15.1. The normalized spacial score (nSPS) is 13.0. The molecular weight excluding hydrogens is 425 g/mol. The summed E-state index contributed by atoms with van der Waals surface area (Å²) in [6, 6.07) is 14.6. The molecule has 0 saturated carbocycles. The van der Waals surface area contributed by atoms with Gasteiger partial charge in [-0.1, -0.05) is 23.4 Å². The molecule has 8 heteroatoms. The van der Waals surface area contributed by atoms with E-state index in [1.807, 2.05) is 44.3 Å². The van der Waals surface area contributed by atoms with Gasteiger partial charge in [-0.2, -0.15) is 0 Å². The van der Waals surface area contributed by atoms with Crippen molar-refractivity contribution in [2.75, 3.05) is 18.6 Å². The molecule has 0 bridgehead atoms. The van der Waals surface area contributed by atoms with Gasteiger partial charge in [-0.25, -0.2) is 14.2 Å². The third-order valence-corrected chi connectivity index (χ3v) is 5.57. The van der Waals surface area contributed by atoms with Crippen molar-refractivity contribution < 1.29 is 23.9 Å². The minimum atomic E-state index is -0.471. The van der Waals surface area contributed by atoms with Crippen LogP contribution in [0.1, 0.15) is 28.8 Å². The third-order valence-electron chi connectivity index (χ3n) is 5.57. The third kappa shape index (κ3) is 4.79. The highest BCUT2D eigenvalue weighted by atomic mass is 19.1. The lowest BCUT2D eigenvalue weighted by Gasteiger charge is -2.20. The van der Waals surface area contributed by atoms with E-state index in [-0.39, 0.29) is 24.5 Å². The number of aromatic nitrogens is 1. The Morgan fingerprint density at radius 1 is 1.18 bits per heavy atom. The van der Waals surface area contributed by atoms with Crippen LogP contribution in [0.2, 0.25) is 0 Å². The first kappa shape index (κ1) is 22.3. The minimum Gasteiger partial charge on any atom is -0.504 e. The Bertz CT molecular complexity index is 1230. The number of nitrogens with zero attached hydrogens (tertiary/aromatic N) is 3. The van der Waals surface area contributed by atoms with Gasteiger partial charge in [0.15, 0.2) is 23.1 Å². The quantitative estimate of drug-likeness (QED) is 0.532. The van der Waals surface area contributed by atoms with Crippen LogP contribution in [0.3, 0.4) is 0 Å². The van der Waals surface area contributed by atoms with Crippen LogP contribution in [0.15, 0.2) is 53.7 Å². The standard InChI is InChI=1S/C25H24FN3O4/c1-15-11-22(32-14-18-13-23(31)33-28-18)24(26)16(2)20(15)12-17-9-10-21(30)25(27-17)29(3)19-7-5-4-6-8-19/h4-11,30H,12-14H2,1-3H3. The zero-order valence-electron chi connectivity index (χ0n) is 18.6. The lowest BCUT2D eigenvalue weighted by molar-refractivity contribution is -0.140. The molecule has 170 valence electrons. The zero-order valence-corrected chi connectivity index (χ0v) is 18.6. The topological polar surface area (TPSA) is 84.2 Å². The lowest BCUT2D eigenvalue weighted by Crippen LogP contribution is -2.13. The number of rotatable bonds is 7. The molecule has 2 aromatic carbocycles. The molecule has 7 nitrogen and oxygen atoms in total. The van der Waals surface area contributed by atoms with Crippen LogP contribution in [0, 0.1) is 19.7 Å². The van der Waals surface area contributed by atoms with Gasteiger partial charge in [0.25, 0.3) is 0 Å². The molecule has 1 aliphatic heterocycles. The van der Waals surface area contributed by atoms with Crippen molar-refractivity contribution in [3.8, 4) is 11.5 Å². The summed E-state index contributed by atoms with van der Waals surface area (Å²) < 4.78 is 20.6. The molecule has 2 heterocycles. The second kappa shape index (κ2) is 9.28. The summed E-state index contributed by atoms with van der Waals surface area (Å²) in [7, 11) is 1.83. The zero-order chi connectivity index (χ0) is 23.5. The van der Waals surface area contributed by atoms with Crippen LogP contribution < -0.4 is 9.64 Å². The summed E-state index contributed by atoms with van der Waals surface area (Å²) in [4.78, 5) is 22.1. The number of pyridine rings is 1. The van der Waals surface area contributed by atoms with Crippen LogP contribution in [0.5, 0.6) is 11.5 Å². The monoisotopic (exact) mass is 449 g/mol. The maximum Gasteiger partial charge on any atom is 0.340 e. The second-order valence-electron chi connectivity index (χ2n) is 7.91. The number of benzene rings is 2. The molecule has 0 saturated heterocycles. The Morgan fingerprint density at radius 3 is 2.64 bits per heavy atom. The van der Waals surface area contributed by atoms with Crippen molar-refractivity contribution in [2.45, 2.75) is 26.7 Å². The van der Waals surface area contributed by atoms with Crippen LogP contribution in [0.25, 0.3) is 0 Å². The Balaban J connectivity index is 1.56. The Kier molecular flexibility index (Phi) is 6.26. The first-order chi connectivity index (χ1) is 15.8. The average Bonchev–Trinajstić information content (AvgIpc) is 3.24. The molecule has 0 fully saturated rings. The molecule has 3 aromatic rings. The number of anilines is 2. The fourth-order valence-corrected chi connectivity index (χ4v) is 3.70. The molecular formula is C25H24FN3O4. The molecule has 0 aliphatic carbocycles. The van der Waals surface area contributed by atoms with Crippen LogP contribution >= 0.6 is 0 Å². The molecule has 1 N–H and O–H groups in total. The first-order valence-corrected chi connectivity index (χ1v) is 10.5. The van der Waals surface area contributed by atoms with Crippen LogP contribution in [-0.2, 0) is 16.1 Å². The van der Waals surface area contributed by atoms with Gasteiger partial charge in [0.1, 0.15) is 12.3 Å². The Labute approximate surface area is 191 Å². The summed E-state index contributed by atoms with van der Waals surface area (Å²) >= 11 is 0. The van der Waals surface area contributed by atoms with Crippen molar-refractivity contribution in [1.29, 1.82) is 0 Å². The molecule has 4 rings (SSSR count). The minimum absolute atomic E-state index is 0.0183. The Morgan fingerprint density at radius 2 is 1.94 bits per heavy atom. The van der Waals surface area contributed by atoms with E-state index < -0.39 is 11.8 Å². The van der Waals surface area contributed by atoms with Crippen LogP contribution in [0.4, 0.5) is 15.9 Å². The number of hydrogen-bond acceptors (Lipinski definition) is 7. The van der Waals surface area contributed by atoms with E-state index in [1.165, 1.54) is 0 Å². The van der Waals surface area contributed by atoms with E-state index in [1.54, 1.807) is 30.0 Å². The van der Waals surface area contributed by atoms with E-state index in [4.69, 9.17) is 4.74 Å². The molecule has 1 aromatic heterocycles. The number of hydrogen-bond donors (Lipinski definition) is 1. The fraction of sp³-hybridized carbons (Fsp3) is 0.240. The average molecular weight is 449 g/mol. The number of oxime groups is 1. The highest BCUT2D eigenvalue weighted by molar-refractivity contribution is 6.02. The molecule has 0 unspecified atom stereocenters. The van der Waals surface area contributed by atoms with Gasteiger partial charge >= 0.3 is 5.97 Å². The van der Waals surface area contributed by atoms with E-state index in [0.717, 1.165) is 16.8 Å². The van der Waals surface area contributed by atoms with Gasteiger partial charge in [0.2, 0.25) is 0 Å². The number of ether oxygens (including phenoxy) is 1.